The molecule has 0 radical (unpaired) electrons. The van der Waals surface area contributed by atoms with Crippen molar-refractivity contribution in [3.63, 3.8) is 0 Å². The van der Waals surface area contributed by atoms with Crippen LogP contribution in [-0.2, 0) is 11.3 Å². The molecule has 21 heavy (non-hydrogen) atoms. The second-order valence-electron chi connectivity index (χ2n) is 4.30. The smallest absolute Gasteiger partial charge is 0.251 e. The van der Waals surface area contributed by atoms with Crippen molar-refractivity contribution >= 4 is 23.2 Å². The van der Waals surface area contributed by atoms with Crippen LogP contribution < -0.4 is 21.5 Å². The van der Waals surface area contributed by atoms with Crippen molar-refractivity contribution in [3.8, 4) is 5.75 Å². The van der Waals surface area contributed by atoms with E-state index < -0.39 is 5.91 Å². The number of nitrogens with two attached hydrogens (primary N) is 2. The summed E-state index contributed by atoms with van der Waals surface area (Å²) in [6.45, 7) is -0.0643. The lowest BCUT2D eigenvalue weighted by Crippen LogP contribution is -2.19. The highest BCUT2D eigenvalue weighted by Crippen LogP contribution is 2.26. The molecule has 0 saturated carbocycles. The van der Waals surface area contributed by atoms with Gasteiger partial charge in [-0.25, -0.2) is 0 Å². The van der Waals surface area contributed by atoms with Crippen LogP contribution in [0.2, 0.25) is 0 Å². The maximum Gasteiger partial charge on any atom is 0.251 e. The number of carbonyl (C=O) groups excluding carboxylic acids is 2. The Kier molecular flexibility index (Phi) is 4.07. The number of hydrogen-bond donors (Lipinski definition) is 3. The number of anilines is 2. The van der Waals surface area contributed by atoms with Crippen LogP contribution in [0.4, 0.5) is 11.4 Å². The maximum absolute atomic E-state index is 12.0. The van der Waals surface area contributed by atoms with E-state index in [1.165, 1.54) is 24.2 Å². The number of nitrogens with zero attached hydrogens (tertiary/aromatic N) is 2. The van der Waals surface area contributed by atoms with E-state index in [9.17, 15) is 9.59 Å². The van der Waals surface area contributed by atoms with Crippen molar-refractivity contribution < 1.29 is 14.3 Å². The molecule has 0 aliphatic heterocycles. The molecule has 1 aromatic heterocycles. The van der Waals surface area contributed by atoms with Crippen LogP contribution in [0.5, 0.6) is 5.75 Å². The third kappa shape index (κ3) is 3.50. The third-order valence-electron chi connectivity index (χ3n) is 2.72. The first-order valence-corrected chi connectivity index (χ1v) is 6.05. The summed E-state index contributed by atoms with van der Waals surface area (Å²) in [5, 5.41) is 6.55. The zero-order valence-corrected chi connectivity index (χ0v) is 11.4. The van der Waals surface area contributed by atoms with Crippen LogP contribution in [0.3, 0.4) is 0 Å². The molecule has 0 saturated heterocycles. The summed E-state index contributed by atoms with van der Waals surface area (Å²) in [5.41, 5.74) is 12.0. The zero-order valence-electron chi connectivity index (χ0n) is 11.4. The number of primary amides is 1. The molecule has 2 aromatic rings. The van der Waals surface area contributed by atoms with Gasteiger partial charge in [0.2, 0.25) is 5.91 Å². The number of amides is 2. The Balaban J connectivity index is 2.07. The quantitative estimate of drug-likeness (QED) is 0.678. The van der Waals surface area contributed by atoms with E-state index >= 15 is 0 Å². The summed E-state index contributed by atoms with van der Waals surface area (Å²) in [6, 6.07) is 4.92. The number of benzene rings is 1. The number of ether oxygens (including phenoxy) is 1. The van der Waals surface area contributed by atoms with Gasteiger partial charge in [0.1, 0.15) is 12.3 Å². The van der Waals surface area contributed by atoms with E-state index in [0.29, 0.717) is 17.1 Å². The van der Waals surface area contributed by atoms with Crippen molar-refractivity contribution in [2.45, 2.75) is 6.54 Å². The molecule has 1 aromatic carbocycles. The van der Waals surface area contributed by atoms with Gasteiger partial charge in [-0.3, -0.25) is 14.3 Å². The molecular formula is C13H15N5O3. The van der Waals surface area contributed by atoms with Gasteiger partial charge in [0, 0.05) is 11.9 Å². The van der Waals surface area contributed by atoms with Gasteiger partial charge in [-0.2, -0.15) is 5.10 Å². The Labute approximate surface area is 120 Å². The predicted octanol–water partition coefficient (Wildman–Crippen LogP) is 0.211. The standard InChI is InChI=1S/C13H15N5O3/c1-21-11-3-2-9(14)4-10(11)17-12(19)7-18-6-8(5-16-18)13(15)20/h2-6H,7,14H2,1H3,(H2,15,20)(H,17,19). The molecule has 0 unspecified atom stereocenters. The van der Waals surface area contributed by atoms with Crippen LogP contribution in [0.15, 0.2) is 30.6 Å². The molecule has 110 valence electrons. The molecular weight excluding hydrogens is 274 g/mol. The summed E-state index contributed by atoms with van der Waals surface area (Å²) < 4.78 is 6.45. The molecule has 0 aliphatic rings. The fraction of sp³-hybridized carbons (Fsp3) is 0.154. The third-order valence-corrected chi connectivity index (χ3v) is 2.72. The van der Waals surface area contributed by atoms with E-state index in [-0.39, 0.29) is 18.0 Å². The molecule has 0 fully saturated rings. The van der Waals surface area contributed by atoms with Crippen molar-refractivity contribution in [3.05, 3.63) is 36.2 Å². The summed E-state index contributed by atoms with van der Waals surface area (Å²) in [6.07, 6.45) is 2.70. The van der Waals surface area contributed by atoms with Crippen molar-refractivity contribution in [2.75, 3.05) is 18.2 Å². The Morgan fingerprint density at radius 1 is 1.43 bits per heavy atom. The predicted molar refractivity (Wildman–Crippen MR) is 76.8 cm³/mol. The molecule has 2 rings (SSSR count). The second-order valence-corrected chi connectivity index (χ2v) is 4.30. The van der Waals surface area contributed by atoms with Crippen molar-refractivity contribution in [1.29, 1.82) is 0 Å². The van der Waals surface area contributed by atoms with E-state index in [0.717, 1.165) is 0 Å². The number of hydrogen-bond acceptors (Lipinski definition) is 5. The van der Waals surface area contributed by atoms with Gasteiger partial charge in [-0.05, 0) is 18.2 Å². The van der Waals surface area contributed by atoms with Gasteiger partial charge < -0.3 is 21.5 Å². The molecule has 1 heterocycles. The fourth-order valence-electron chi connectivity index (χ4n) is 1.74. The van der Waals surface area contributed by atoms with Gasteiger partial charge in [0.25, 0.3) is 5.91 Å². The van der Waals surface area contributed by atoms with Crippen LogP contribution in [-0.4, -0.2) is 28.7 Å². The Bertz CT molecular complexity index is 680. The maximum atomic E-state index is 12.0. The summed E-state index contributed by atoms with van der Waals surface area (Å²) in [5.74, 6) is -0.437. The van der Waals surface area contributed by atoms with Gasteiger partial charge in [-0.15, -0.1) is 0 Å². The molecule has 8 nitrogen and oxygen atoms in total. The minimum atomic E-state index is -0.598. The number of rotatable bonds is 5. The number of nitrogens with one attached hydrogen (secondary N) is 1. The molecule has 8 heteroatoms. The molecule has 0 aliphatic carbocycles. The molecule has 0 spiro atoms. The minimum Gasteiger partial charge on any atom is -0.495 e. The van der Waals surface area contributed by atoms with Gasteiger partial charge in [0.05, 0.1) is 24.6 Å². The van der Waals surface area contributed by atoms with Gasteiger partial charge in [-0.1, -0.05) is 0 Å². The molecule has 5 N–H and O–H groups in total. The number of carbonyl (C=O) groups is 2. The van der Waals surface area contributed by atoms with Crippen LogP contribution in [0.25, 0.3) is 0 Å². The second kappa shape index (κ2) is 5.95. The van der Waals surface area contributed by atoms with E-state index in [2.05, 4.69) is 10.4 Å². The van der Waals surface area contributed by atoms with E-state index in [4.69, 9.17) is 16.2 Å². The van der Waals surface area contributed by atoms with E-state index in [1.54, 1.807) is 18.2 Å². The SMILES string of the molecule is COc1ccc(N)cc1NC(=O)Cn1cc(C(N)=O)cn1. The van der Waals surface area contributed by atoms with Crippen LogP contribution >= 0.6 is 0 Å². The highest BCUT2D eigenvalue weighted by molar-refractivity contribution is 5.94. The number of methoxy groups -OCH3 is 1. The average Bonchev–Trinajstić information content (AvgIpc) is 2.87. The largest absolute Gasteiger partial charge is 0.495 e. The van der Waals surface area contributed by atoms with Crippen molar-refractivity contribution in [1.82, 2.24) is 9.78 Å². The highest BCUT2D eigenvalue weighted by Gasteiger charge is 2.10. The Hall–Kier alpha value is -3.03. The van der Waals surface area contributed by atoms with E-state index in [1.807, 2.05) is 0 Å². The average molecular weight is 289 g/mol. The number of nitrogen functional groups attached to an aromatic ring is 1. The molecule has 0 bridgehead atoms. The van der Waals surface area contributed by atoms with Crippen LogP contribution in [0.1, 0.15) is 10.4 Å². The van der Waals surface area contributed by atoms with Gasteiger partial charge in [0.15, 0.2) is 0 Å². The summed E-state index contributed by atoms with van der Waals surface area (Å²) >= 11 is 0. The Morgan fingerprint density at radius 3 is 2.81 bits per heavy atom. The fourth-order valence-corrected chi connectivity index (χ4v) is 1.74. The lowest BCUT2D eigenvalue weighted by molar-refractivity contribution is -0.116. The molecule has 0 atom stereocenters. The summed E-state index contributed by atoms with van der Waals surface area (Å²) in [7, 11) is 1.49. The topological polar surface area (TPSA) is 125 Å². The molecule has 2 amide bonds. The van der Waals surface area contributed by atoms with Crippen molar-refractivity contribution in [2.24, 2.45) is 5.73 Å². The normalized spacial score (nSPS) is 10.1. The zero-order chi connectivity index (χ0) is 15.4. The number of aromatic nitrogens is 2. The monoisotopic (exact) mass is 289 g/mol. The summed E-state index contributed by atoms with van der Waals surface area (Å²) in [4.78, 5) is 22.9. The Morgan fingerprint density at radius 2 is 2.19 bits per heavy atom. The minimum absolute atomic E-state index is 0.0643. The first-order valence-electron chi connectivity index (χ1n) is 6.05. The van der Waals surface area contributed by atoms with Crippen LogP contribution in [0, 0.1) is 0 Å². The first-order chi connectivity index (χ1) is 9.99. The lowest BCUT2D eigenvalue weighted by Gasteiger charge is -2.10. The lowest BCUT2D eigenvalue weighted by atomic mass is 10.2. The first kappa shape index (κ1) is 14.4. The highest BCUT2D eigenvalue weighted by atomic mass is 16.5. The van der Waals surface area contributed by atoms with Gasteiger partial charge >= 0.3 is 0 Å².